The second kappa shape index (κ2) is 12.8. The molecule has 1 aliphatic heterocycles. The number of anilines is 1. The first kappa shape index (κ1) is 28.2. The molecule has 1 amide bonds. The fourth-order valence-corrected chi connectivity index (χ4v) is 5.61. The normalized spacial score (nSPS) is 20.2. The number of carboxylic acid groups (broad SMARTS) is 1. The summed E-state index contributed by atoms with van der Waals surface area (Å²) < 4.78 is 5.23. The third-order valence-electron chi connectivity index (χ3n) is 7.97. The summed E-state index contributed by atoms with van der Waals surface area (Å²) in [6.45, 7) is 5.79. The average Bonchev–Trinajstić information content (AvgIpc) is 2.94. The van der Waals surface area contributed by atoms with Crippen molar-refractivity contribution in [1.29, 1.82) is 0 Å². The Labute approximate surface area is 230 Å². The van der Waals surface area contributed by atoms with Crippen LogP contribution in [0.3, 0.4) is 0 Å². The number of hydrogen-bond donors (Lipinski definition) is 2. The van der Waals surface area contributed by atoms with Gasteiger partial charge in [-0.3, -0.25) is 14.6 Å². The molecule has 0 bridgehead atoms. The highest BCUT2D eigenvalue weighted by Gasteiger charge is 2.36. The number of phenols is 1. The molecule has 0 spiro atoms. The molecule has 0 saturated carbocycles. The lowest BCUT2D eigenvalue weighted by molar-refractivity contribution is -0.140. The predicted molar refractivity (Wildman–Crippen MR) is 152 cm³/mol. The maximum atomic E-state index is 13.8. The molecule has 7 nitrogen and oxygen atoms in total. The zero-order valence-electron chi connectivity index (χ0n) is 22.9. The number of hydrogen-bond acceptors (Lipinski definition) is 5. The number of ether oxygens (including phenoxy) is 1. The molecular formula is C32H38N2O5. The highest BCUT2D eigenvalue weighted by atomic mass is 16.5. The van der Waals surface area contributed by atoms with Gasteiger partial charge in [-0.1, -0.05) is 56.3 Å². The number of amides is 1. The van der Waals surface area contributed by atoms with Gasteiger partial charge in [0.1, 0.15) is 17.5 Å². The summed E-state index contributed by atoms with van der Waals surface area (Å²) in [7, 11) is 1.58. The number of aromatic hydroxyl groups is 1. The quantitative estimate of drug-likeness (QED) is 0.358. The highest BCUT2D eigenvalue weighted by molar-refractivity contribution is 5.99. The fraction of sp³-hybridized carbons (Fsp3) is 0.375. The van der Waals surface area contributed by atoms with E-state index in [2.05, 4.69) is 18.7 Å². The summed E-state index contributed by atoms with van der Waals surface area (Å²) in [6.07, 6.45) is 1.37. The first-order valence-corrected chi connectivity index (χ1v) is 13.5. The van der Waals surface area contributed by atoms with Crippen molar-refractivity contribution < 1.29 is 24.5 Å². The Hall–Kier alpha value is -3.84. The molecule has 0 aliphatic carbocycles. The Bertz CT molecular complexity index is 1250. The summed E-state index contributed by atoms with van der Waals surface area (Å²) in [5, 5.41) is 20.4. The molecule has 2 N–H and O–H groups in total. The summed E-state index contributed by atoms with van der Waals surface area (Å²) >= 11 is 0. The molecule has 4 atom stereocenters. The van der Waals surface area contributed by atoms with E-state index in [1.807, 2.05) is 42.5 Å². The largest absolute Gasteiger partial charge is 0.508 e. The van der Waals surface area contributed by atoms with Gasteiger partial charge in [-0.2, -0.15) is 0 Å². The number of piperidine rings is 1. The minimum absolute atomic E-state index is 0.0633. The third-order valence-corrected chi connectivity index (χ3v) is 7.97. The summed E-state index contributed by atoms with van der Waals surface area (Å²) in [6, 6.07) is 22.6. The molecule has 0 aromatic heterocycles. The number of benzene rings is 3. The van der Waals surface area contributed by atoms with Gasteiger partial charge in [-0.05, 0) is 72.3 Å². The molecule has 39 heavy (non-hydrogen) atoms. The van der Waals surface area contributed by atoms with E-state index >= 15 is 0 Å². The number of methoxy groups -OCH3 is 1. The molecule has 1 heterocycles. The van der Waals surface area contributed by atoms with Crippen molar-refractivity contribution in [3.05, 3.63) is 90.0 Å². The second-order valence-electron chi connectivity index (χ2n) is 10.5. The highest BCUT2D eigenvalue weighted by Crippen LogP contribution is 2.40. The van der Waals surface area contributed by atoms with E-state index in [4.69, 9.17) is 4.74 Å². The molecule has 1 aliphatic rings. The lowest BCUT2D eigenvalue weighted by atomic mass is 9.79. The zero-order chi connectivity index (χ0) is 27.9. The van der Waals surface area contributed by atoms with Crippen LogP contribution < -0.4 is 9.64 Å². The number of rotatable bonds is 10. The Morgan fingerprint density at radius 2 is 1.74 bits per heavy atom. The number of aliphatic carboxylic acids is 1. The molecule has 7 heteroatoms. The van der Waals surface area contributed by atoms with E-state index in [0.29, 0.717) is 29.8 Å². The molecule has 3 aromatic carbocycles. The van der Waals surface area contributed by atoms with Crippen LogP contribution in [0, 0.1) is 11.8 Å². The van der Waals surface area contributed by atoms with Crippen LogP contribution in [0.4, 0.5) is 5.69 Å². The summed E-state index contributed by atoms with van der Waals surface area (Å²) in [4.78, 5) is 30.1. The van der Waals surface area contributed by atoms with Gasteiger partial charge in [0, 0.05) is 31.1 Å². The van der Waals surface area contributed by atoms with E-state index < -0.39 is 12.0 Å². The zero-order valence-corrected chi connectivity index (χ0v) is 22.9. The first-order valence-electron chi connectivity index (χ1n) is 13.5. The predicted octanol–water partition coefficient (Wildman–Crippen LogP) is 5.54. The lowest BCUT2D eigenvalue weighted by Crippen LogP contribution is -2.48. The van der Waals surface area contributed by atoms with Gasteiger partial charge in [0.25, 0.3) is 0 Å². The van der Waals surface area contributed by atoms with E-state index in [0.717, 1.165) is 24.1 Å². The third kappa shape index (κ3) is 6.79. The van der Waals surface area contributed by atoms with E-state index in [1.165, 1.54) is 4.90 Å². The van der Waals surface area contributed by atoms with Crippen molar-refractivity contribution in [2.45, 2.75) is 45.2 Å². The fourth-order valence-electron chi connectivity index (χ4n) is 5.61. The minimum atomic E-state index is -1.06. The number of carbonyl (C=O) groups excluding carboxylic acids is 1. The Kier molecular flexibility index (Phi) is 9.25. The summed E-state index contributed by atoms with van der Waals surface area (Å²) in [5.41, 5.74) is 2.40. The van der Waals surface area contributed by atoms with Crippen molar-refractivity contribution in [2.75, 3.05) is 25.1 Å². The Balaban J connectivity index is 1.58. The van der Waals surface area contributed by atoms with Crippen LogP contribution in [0.2, 0.25) is 0 Å². The van der Waals surface area contributed by atoms with E-state index in [-0.39, 0.29) is 30.5 Å². The number of carboxylic acids is 1. The van der Waals surface area contributed by atoms with Crippen LogP contribution in [-0.2, 0) is 16.0 Å². The van der Waals surface area contributed by atoms with Crippen LogP contribution in [0.1, 0.15) is 43.9 Å². The van der Waals surface area contributed by atoms with Crippen LogP contribution in [0.5, 0.6) is 11.5 Å². The number of carbonyl (C=O) groups is 2. The van der Waals surface area contributed by atoms with Crippen molar-refractivity contribution in [3.8, 4) is 11.5 Å². The lowest BCUT2D eigenvalue weighted by Gasteiger charge is -2.44. The van der Waals surface area contributed by atoms with Gasteiger partial charge in [0.2, 0.25) is 5.91 Å². The monoisotopic (exact) mass is 530 g/mol. The van der Waals surface area contributed by atoms with Crippen molar-refractivity contribution in [3.63, 3.8) is 0 Å². The van der Waals surface area contributed by atoms with Crippen LogP contribution in [-0.4, -0.2) is 53.2 Å². The number of phenolic OH excluding ortho intramolecular Hbond substituents is 1. The standard InChI is InChI=1S/C32H38N2O5/c1-22-16-18-33(31(23(22)2)25-8-7-11-27(35)21-25)19-17-30(36)34(26-9-5-4-6-10-26)29(32(37)38)20-24-12-14-28(39-3)15-13-24/h4-15,21-23,29,31,35H,16-20H2,1-3H3,(H,37,38)/t22-,23-,29+,31?/m1/s1. The Morgan fingerprint density at radius 3 is 2.38 bits per heavy atom. The van der Waals surface area contributed by atoms with Gasteiger partial charge in [0.05, 0.1) is 7.11 Å². The van der Waals surface area contributed by atoms with Crippen molar-refractivity contribution >= 4 is 17.6 Å². The Morgan fingerprint density at radius 1 is 1.03 bits per heavy atom. The van der Waals surface area contributed by atoms with Gasteiger partial charge in [0.15, 0.2) is 0 Å². The smallest absolute Gasteiger partial charge is 0.327 e. The molecule has 3 aromatic rings. The molecule has 0 radical (unpaired) electrons. The number of nitrogens with zero attached hydrogens (tertiary/aromatic N) is 2. The van der Waals surface area contributed by atoms with Gasteiger partial charge in [-0.15, -0.1) is 0 Å². The molecular weight excluding hydrogens is 492 g/mol. The van der Waals surface area contributed by atoms with Crippen LogP contribution in [0.25, 0.3) is 0 Å². The maximum absolute atomic E-state index is 13.8. The number of para-hydroxylation sites is 1. The number of likely N-dealkylation sites (tertiary alicyclic amines) is 1. The van der Waals surface area contributed by atoms with E-state index in [9.17, 15) is 19.8 Å². The first-order chi connectivity index (χ1) is 18.8. The van der Waals surface area contributed by atoms with Gasteiger partial charge >= 0.3 is 5.97 Å². The van der Waals surface area contributed by atoms with Crippen molar-refractivity contribution in [1.82, 2.24) is 4.90 Å². The second-order valence-corrected chi connectivity index (χ2v) is 10.5. The molecule has 1 saturated heterocycles. The molecule has 4 rings (SSSR count). The molecule has 1 unspecified atom stereocenters. The van der Waals surface area contributed by atoms with Gasteiger partial charge < -0.3 is 14.9 Å². The van der Waals surface area contributed by atoms with E-state index in [1.54, 1.807) is 43.5 Å². The van der Waals surface area contributed by atoms with Crippen LogP contribution >= 0.6 is 0 Å². The average molecular weight is 531 g/mol. The molecule has 1 fully saturated rings. The minimum Gasteiger partial charge on any atom is -0.508 e. The topological polar surface area (TPSA) is 90.3 Å². The van der Waals surface area contributed by atoms with Gasteiger partial charge in [-0.25, -0.2) is 4.79 Å². The SMILES string of the molecule is COc1ccc(C[C@@H](C(=O)O)N(C(=O)CCN2CC[C@@H](C)[C@@H](C)C2c2cccc(O)c2)c2ccccc2)cc1. The molecule has 206 valence electrons. The maximum Gasteiger partial charge on any atom is 0.327 e. The van der Waals surface area contributed by atoms with Crippen molar-refractivity contribution in [2.24, 2.45) is 11.8 Å². The summed E-state index contributed by atoms with van der Waals surface area (Å²) in [5.74, 6) is 0.470. The van der Waals surface area contributed by atoms with Crippen LogP contribution in [0.15, 0.2) is 78.9 Å².